The summed E-state index contributed by atoms with van der Waals surface area (Å²) in [6.07, 6.45) is 3.24. The molecular formula is C16H11Cl2N3O. The first-order valence-electron chi connectivity index (χ1n) is 6.49. The molecule has 0 radical (unpaired) electrons. The number of hydrogen-bond donors (Lipinski definition) is 1. The lowest BCUT2D eigenvalue weighted by Gasteiger charge is -2.03. The van der Waals surface area contributed by atoms with Crippen LogP contribution in [0.25, 0.3) is 5.69 Å². The third-order valence-electron chi connectivity index (χ3n) is 3.02. The number of aromatic nitrogens is 2. The molecule has 3 aromatic rings. The molecule has 0 fully saturated rings. The number of imidazole rings is 1. The normalized spacial score (nSPS) is 10.5. The van der Waals surface area contributed by atoms with Crippen molar-refractivity contribution in [2.45, 2.75) is 0 Å². The number of nitrogens with zero attached hydrogens (tertiary/aromatic N) is 2. The number of halogens is 2. The molecule has 0 unspecified atom stereocenters. The number of rotatable bonds is 3. The lowest BCUT2D eigenvalue weighted by atomic mass is 10.3. The van der Waals surface area contributed by atoms with Crippen LogP contribution in [0, 0.1) is 0 Å². The molecular weight excluding hydrogens is 321 g/mol. The summed E-state index contributed by atoms with van der Waals surface area (Å²) in [5.74, 6) is -0.296. The zero-order valence-corrected chi connectivity index (χ0v) is 12.8. The van der Waals surface area contributed by atoms with Gasteiger partial charge in [-0.2, -0.15) is 0 Å². The van der Waals surface area contributed by atoms with Gasteiger partial charge in [0.05, 0.1) is 0 Å². The van der Waals surface area contributed by atoms with Crippen LogP contribution in [0.4, 0.5) is 5.69 Å². The highest BCUT2D eigenvalue weighted by Crippen LogP contribution is 2.17. The molecule has 0 saturated carbocycles. The average Bonchev–Trinajstić information content (AvgIpc) is 2.98. The maximum absolute atomic E-state index is 12.2. The number of carbonyl (C=O) groups is 1. The van der Waals surface area contributed by atoms with Crippen LogP contribution in [0.5, 0.6) is 0 Å². The molecule has 0 saturated heterocycles. The van der Waals surface area contributed by atoms with Gasteiger partial charge in [-0.25, -0.2) is 4.98 Å². The van der Waals surface area contributed by atoms with E-state index in [1.807, 2.05) is 12.1 Å². The molecule has 0 aliphatic rings. The van der Waals surface area contributed by atoms with Crippen LogP contribution in [0.2, 0.25) is 10.0 Å². The minimum absolute atomic E-state index is 0.296. The number of anilines is 1. The Bertz CT molecular complexity index is 812. The van der Waals surface area contributed by atoms with Crippen molar-refractivity contribution >= 4 is 34.8 Å². The van der Waals surface area contributed by atoms with Gasteiger partial charge in [0.25, 0.3) is 5.91 Å². The highest BCUT2D eigenvalue weighted by atomic mass is 35.5. The second-order valence-electron chi connectivity index (χ2n) is 4.61. The topological polar surface area (TPSA) is 46.9 Å². The van der Waals surface area contributed by atoms with Crippen LogP contribution in [0.3, 0.4) is 0 Å². The molecule has 6 heteroatoms. The Kier molecular flexibility index (Phi) is 4.13. The van der Waals surface area contributed by atoms with Crippen molar-refractivity contribution in [2.24, 2.45) is 0 Å². The second-order valence-corrected chi connectivity index (χ2v) is 5.48. The van der Waals surface area contributed by atoms with E-state index in [1.54, 1.807) is 53.5 Å². The Balaban J connectivity index is 1.78. The molecule has 1 N–H and O–H groups in total. The van der Waals surface area contributed by atoms with Gasteiger partial charge in [0.15, 0.2) is 0 Å². The van der Waals surface area contributed by atoms with Gasteiger partial charge in [-0.15, -0.1) is 0 Å². The van der Waals surface area contributed by atoms with Crippen LogP contribution in [0.1, 0.15) is 10.5 Å². The summed E-state index contributed by atoms with van der Waals surface area (Å²) in [5.41, 5.74) is 1.81. The predicted octanol–water partition coefficient (Wildman–Crippen LogP) is 4.43. The van der Waals surface area contributed by atoms with E-state index in [0.29, 0.717) is 21.4 Å². The molecule has 0 aliphatic heterocycles. The number of nitrogens with one attached hydrogen (secondary N) is 1. The van der Waals surface area contributed by atoms with E-state index in [1.165, 1.54) is 0 Å². The maximum Gasteiger partial charge on any atom is 0.275 e. The molecule has 3 rings (SSSR count). The van der Waals surface area contributed by atoms with Gasteiger partial charge >= 0.3 is 0 Å². The monoisotopic (exact) mass is 331 g/mol. The Labute approximate surface area is 137 Å². The highest BCUT2D eigenvalue weighted by molar-refractivity contribution is 6.31. The summed E-state index contributed by atoms with van der Waals surface area (Å²) >= 11 is 11.7. The van der Waals surface area contributed by atoms with E-state index in [4.69, 9.17) is 23.2 Å². The molecule has 1 heterocycles. The summed E-state index contributed by atoms with van der Waals surface area (Å²) in [6, 6.07) is 14.2. The summed E-state index contributed by atoms with van der Waals surface area (Å²) < 4.78 is 1.75. The van der Waals surface area contributed by atoms with Crippen molar-refractivity contribution in [1.82, 2.24) is 9.55 Å². The highest BCUT2D eigenvalue weighted by Gasteiger charge is 2.10. The van der Waals surface area contributed by atoms with E-state index in [2.05, 4.69) is 10.3 Å². The fourth-order valence-electron chi connectivity index (χ4n) is 1.96. The third-order valence-corrected chi connectivity index (χ3v) is 3.51. The molecule has 2 aromatic carbocycles. The van der Waals surface area contributed by atoms with Gasteiger partial charge in [-0.05, 0) is 42.5 Å². The Morgan fingerprint density at radius 3 is 2.55 bits per heavy atom. The first-order valence-corrected chi connectivity index (χ1v) is 7.24. The van der Waals surface area contributed by atoms with Crippen LogP contribution < -0.4 is 5.32 Å². The molecule has 22 heavy (non-hydrogen) atoms. The third kappa shape index (κ3) is 3.30. The van der Waals surface area contributed by atoms with Crippen molar-refractivity contribution in [2.75, 3.05) is 5.32 Å². The van der Waals surface area contributed by atoms with E-state index >= 15 is 0 Å². The number of carbonyl (C=O) groups excluding carboxylic acids is 1. The van der Waals surface area contributed by atoms with E-state index in [0.717, 1.165) is 5.69 Å². The second kappa shape index (κ2) is 6.22. The Hall–Kier alpha value is -2.30. The van der Waals surface area contributed by atoms with Crippen LogP contribution >= 0.6 is 23.2 Å². The fourth-order valence-corrected chi connectivity index (χ4v) is 2.27. The molecule has 0 aliphatic carbocycles. The van der Waals surface area contributed by atoms with Gasteiger partial charge in [0.1, 0.15) is 12.0 Å². The molecule has 0 bridgehead atoms. The van der Waals surface area contributed by atoms with Crippen molar-refractivity contribution in [3.05, 3.63) is 76.8 Å². The quantitative estimate of drug-likeness (QED) is 0.771. The van der Waals surface area contributed by atoms with Crippen molar-refractivity contribution in [1.29, 1.82) is 0 Å². The van der Waals surface area contributed by atoms with Crippen LogP contribution in [-0.2, 0) is 0 Å². The molecule has 0 atom stereocenters. The Morgan fingerprint density at radius 2 is 1.82 bits per heavy atom. The Morgan fingerprint density at radius 1 is 1.05 bits per heavy atom. The standard InChI is InChI=1S/C16H11Cl2N3O/c17-11-4-6-14(7-5-11)21-9-15(19-10-21)16(22)20-13-3-1-2-12(18)8-13/h1-10H,(H,20,22). The first-order chi connectivity index (χ1) is 10.6. The smallest absolute Gasteiger partial charge is 0.275 e. The minimum Gasteiger partial charge on any atom is -0.321 e. The number of amides is 1. The molecule has 1 amide bonds. The van der Waals surface area contributed by atoms with Crippen LogP contribution in [0.15, 0.2) is 61.1 Å². The summed E-state index contributed by atoms with van der Waals surface area (Å²) in [6.45, 7) is 0. The maximum atomic E-state index is 12.2. The molecule has 1 aromatic heterocycles. The van der Waals surface area contributed by atoms with Gasteiger partial charge in [0.2, 0.25) is 0 Å². The van der Waals surface area contributed by atoms with Crippen molar-refractivity contribution in [3.63, 3.8) is 0 Å². The zero-order chi connectivity index (χ0) is 15.5. The summed E-state index contributed by atoms with van der Waals surface area (Å²) in [7, 11) is 0. The van der Waals surface area contributed by atoms with Gasteiger partial charge < -0.3 is 9.88 Å². The zero-order valence-electron chi connectivity index (χ0n) is 11.3. The fraction of sp³-hybridized carbons (Fsp3) is 0. The van der Waals surface area contributed by atoms with E-state index in [-0.39, 0.29) is 5.91 Å². The summed E-state index contributed by atoms with van der Waals surface area (Å²) in [5, 5.41) is 3.97. The molecule has 0 spiro atoms. The molecule has 4 nitrogen and oxygen atoms in total. The molecule has 110 valence electrons. The van der Waals surface area contributed by atoms with Gasteiger partial charge in [-0.1, -0.05) is 29.3 Å². The SMILES string of the molecule is O=C(Nc1cccc(Cl)c1)c1cn(-c2ccc(Cl)cc2)cn1. The van der Waals surface area contributed by atoms with Crippen molar-refractivity contribution in [3.8, 4) is 5.69 Å². The van der Waals surface area contributed by atoms with Gasteiger partial charge in [0, 0.05) is 27.6 Å². The first kappa shape index (κ1) is 14.6. The lowest BCUT2D eigenvalue weighted by Crippen LogP contribution is -2.12. The van der Waals surface area contributed by atoms with Crippen molar-refractivity contribution < 1.29 is 4.79 Å². The average molecular weight is 332 g/mol. The van der Waals surface area contributed by atoms with E-state index in [9.17, 15) is 4.79 Å². The lowest BCUT2D eigenvalue weighted by molar-refractivity contribution is 0.102. The summed E-state index contributed by atoms with van der Waals surface area (Å²) in [4.78, 5) is 16.3. The minimum atomic E-state index is -0.296. The van der Waals surface area contributed by atoms with Gasteiger partial charge in [-0.3, -0.25) is 4.79 Å². The largest absolute Gasteiger partial charge is 0.321 e. The number of benzene rings is 2. The van der Waals surface area contributed by atoms with E-state index < -0.39 is 0 Å². The number of hydrogen-bond acceptors (Lipinski definition) is 2. The predicted molar refractivity (Wildman–Crippen MR) is 88.0 cm³/mol. The van der Waals surface area contributed by atoms with Crippen LogP contribution in [-0.4, -0.2) is 15.5 Å².